The number of imide groups is 1. The Bertz CT molecular complexity index is 715. The molecule has 1 aromatic rings. The molecule has 9 nitrogen and oxygen atoms in total. The lowest BCUT2D eigenvalue weighted by Gasteiger charge is -2.23. The van der Waals surface area contributed by atoms with E-state index in [4.69, 9.17) is 5.73 Å². The summed E-state index contributed by atoms with van der Waals surface area (Å²) in [5, 5.41) is 13.7. The monoisotopic (exact) mass is 424 g/mol. The second-order valence-electron chi connectivity index (χ2n) is 7.93. The molecule has 0 spiro atoms. The Hall–Kier alpha value is -2.10. The fraction of sp³-hybridized carbons (Fsp3) is 0.737. The number of rotatable bonds is 9. The Labute approximate surface area is 176 Å². The Morgan fingerprint density at radius 2 is 1.86 bits per heavy atom. The highest BCUT2D eigenvalue weighted by Crippen LogP contribution is 2.24. The third kappa shape index (κ3) is 7.68. The first-order valence-corrected chi connectivity index (χ1v) is 11.1. The van der Waals surface area contributed by atoms with Crippen LogP contribution < -0.4 is 16.4 Å². The van der Waals surface area contributed by atoms with Gasteiger partial charge < -0.3 is 15.6 Å². The second-order valence-corrected chi connectivity index (χ2v) is 9.24. The molecule has 1 saturated carbocycles. The lowest BCUT2D eigenvalue weighted by atomic mass is 9.96. The Morgan fingerprint density at radius 1 is 1.17 bits per heavy atom. The molecule has 1 heterocycles. The highest BCUT2D eigenvalue weighted by molar-refractivity contribution is 8.00. The maximum absolute atomic E-state index is 12.4. The number of amides is 4. The molecule has 1 atom stereocenters. The van der Waals surface area contributed by atoms with Crippen molar-refractivity contribution in [2.75, 3.05) is 0 Å². The number of hydrogen-bond donors (Lipinski definition) is 3. The summed E-state index contributed by atoms with van der Waals surface area (Å²) in [5.41, 5.74) is 5.24. The molecule has 4 amide bonds. The van der Waals surface area contributed by atoms with Crippen molar-refractivity contribution in [2.45, 2.75) is 88.7 Å². The van der Waals surface area contributed by atoms with E-state index in [9.17, 15) is 14.4 Å². The number of carbonyl (C=O) groups is 3. The van der Waals surface area contributed by atoms with Crippen LogP contribution in [0.3, 0.4) is 0 Å². The molecular weight excluding hydrogens is 392 g/mol. The molecule has 2 rings (SSSR count). The van der Waals surface area contributed by atoms with Gasteiger partial charge in [-0.3, -0.25) is 14.9 Å². The van der Waals surface area contributed by atoms with Crippen molar-refractivity contribution in [2.24, 2.45) is 11.7 Å². The number of urea groups is 1. The van der Waals surface area contributed by atoms with Gasteiger partial charge in [0.15, 0.2) is 5.16 Å². The predicted octanol–water partition coefficient (Wildman–Crippen LogP) is 1.99. The average Bonchev–Trinajstić information content (AvgIpc) is 3.01. The number of nitrogens with one attached hydrogen (secondary N) is 2. The highest BCUT2D eigenvalue weighted by atomic mass is 32.2. The molecule has 162 valence electrons. The van der Waals surface area contributed by atoms with Gasteiger partial charge in [0.05, 0.1) is 5.25 Å². The van der Waals surface area contributed by atoms with Gasteiger partial charge in [-0.25, -0.2) is 4.79 Å². The first kappa shape index (κ1) is 23.2. The Kier molecular flexibility index (Phi) is 8.94. The van der Waals surface area contributed by atoms with E-state index in [0.29, 0.717) is 29.9 Å². The zero-order valence-electron chi connectivity index (χ0n) is 17.4. The van der Waals surface area contributed by atoms with Gasteiger partial charge in [-0.15, -0.1) is 10.2 Å². The van der Waals surface area contributed by atoms with E-state index >= 15 is 0 Å². The van der Waals surface area contributed by atoms with Gasteiger partial charge in [-0.2, -0.15) is 0 Å². The maximum Gasteiger partial charge on any atom is 0.321 e. The van der Waals surface area contributed by atoms with Crippen LogP contribution >= 0.6 is 11.8 Å². The smallest absolute Gasteiger partial charge is 0.321 e. The molecule has 0 radical (unpaired) electrons. The molecule has 0 unspecified atom stereocenters. The molecule has 0 aliphatic heterocycles. The van der Waals surface area contributed by atoms with Crippen LogP contribution in [0.15, 0.2) is 5.16 Å². The maximum atomic E-state index is 12.4. The van der Waals surface area contributed by atoms with Gasteiger partial charge in [0.1, 0.15) is 5.82 Å². The minimum atomic E-state index is -0.522. The van der Waals surface area contributed by atoms with Gasteiger partial charge in [0, 0.05) is 25.4 Å². The van der Waals surface area contributed by atoms with Crippen LogP contribution in [-0.2, 0) is 22.6 Å². The minimum absolute atomic E-state index is 0.140. The minimum Gasteiger partial charge on any atom is -0.370 e. The standard InChI is InChI=1S/C19H32N6O3S/c1-12(2)11-25-16(10-9-15(20)26)23-24-19(25)29-13(3)17(27)22-18(28)21-14-7-5-4-6-8-14/h12-14H,4-11H2,1-3H3,(H2,20,26)(H2,21,22,27,28)/t13-/m1/s1. The summed E-state index contributed by atoms with van der Waals surface area (Å²) in [6.07, 6.45) is 5.92. The molecule has 10 heteroatoms. The number of carbonyl (C=O) groups excluding carboxylic acids is 3. The van der Waals surface area contributed by atoms with Gasteiger partial charge in [0.2, 0.25) is 11.8 Å². The predicted molar refractivity (Wildman–Crippen MR) is 111 cm³/mol. The van der Waals surface area contributed by atoms with Crippen LogP contribution in [0.25, 0.3) is 0 Å². The van der Waals surface area contributed by atoms with Crippen LogP contribution in [-0.4, -0.2) is 43.9 Å². The molecule has 1 aliphatic carbocycles. The Morgan fingerprint density at radius 3 is 2.48 bits per heavy atom. The fourth-order valence-electron chi connectivity index (χ4n) is 3.27. The molecule has 1 aliphatic rings. The number of thioether (sulfide) groups is 1. The number of aryl methyl sites for hydroxylation is 1. The van der Waals surface area contributed by atoms with Crippen molar-refractivity contribution >= 4 is 29.6 Å². The number of primary amides is 1. The summed E-state index contributed by atoms with van der Waals surface area (Å²) in [5.74, 6) is 0.238. The van der Waals surface area contributed by atoms with Crippen LogP contribution in [0.4, 0.5) is 4.79 Å². The van der Waals surface area contributed by atoms with Crippen LogP contribution in [0.2, 0.25) is 0 Å². The van der Waals surface area contributed by atoms with Crippen molar-refractivity contribution in [3.63, 3.8) is 0 Å². The van der Waals surface area contributed by atoms with E-state index in [-0.39, 0.29) is 18.4 Å². The van der Waals surface area contributed by atoms with E-state index in [0.717, 1.165) is 25.7 Å². The first-order valence-electron chi connectivity index (χ1n) is 10.2. The number of aromatic nitrogens is 3. The molecule has 0 saturated heterocycles. The molecule has 0 bridgehead atoms. The van der Waals surface area contributed by atoms with E-state index < -0.39 is 17.2 Å². The van der Waals surface area contributed by atoms with Gasteiger partial charge in [0.25, 0.3) is 0 Å². The van der Waals surface area contributed by atoms with Crippen molar-refractivity contribution < 1.29 is 14.4 Å². The van der Waals surface area contributed by atoms with E-state index in [1.54, 1.807) is 6.92 Å². The summed E-state index contributed by atoms with van der Waals surface area (Å²) in [7, 11) is 0. The summed E-state index contributed by atoms with van der Waals surface area (Å²) in [6.45, 7) is 6.53. The topological polar surface area (TPSA) is 132 Å². The van der Waals surface area contributed by atoms with Gasteiger partial charge in [-0.05, 0) is 25.7 Å². The third-order valence-corrected chi connectivity index (χ3v) is 5.85. The summed E-state index contributed by atoms with van der Waals surface area (Å²) >= 11 is 1.24. The third-order valence-electron chi connectivity index (χ3n) is 4.76. The zero-order chi connectivity index (χ0) is 21.4. The van der Waals surface area contributed by atoms with Gasteiger partial charge in [-0.1, -0.05) is 44.9 Å². The lowest BCUT2D eigenvalue weighted by molar-refractivity contribution is -0.119. The molecule has 4 N–H and O–H groups in total. The zero-order valence-corrected chi connectivity index (χ0v) is 18.3. The normalized spacial score (nSPS) is 15.9. The van der Waals surface area contributed by atoms with Crippen LogP contribution in [0, 0.1) is 5.92 Å². The van der Waals surface area contributed by atoms with E-state index in [1.807, 2.05) is 4.57 Å². The van der Waals surface area contributed by atoms with Gasteiger partial charge >= 0.3 is 6.03 Å². The van der Waals surface area contributed by atoms with Crippen molar-refractivity contribution in [3.05, 3.63) is 5.82 Å². The number of hydrogen-bond acceptors (Lipinski definition) is 6. The van der Waals surface area contributed by atoms with Crippen molar-refractivity contribution in [1.29, 1.82) is 0 Å². The Balaban J connectivity index is 1.95. The first-order chi connectivity index (χ1) is 13.8. The molecule has 1 aromatic heterocycles. The fourth-order valence-corrected chi connectivity index (χ4v) is 4.15. The van der Waals surface area contributed by atoms with E-state index in [2.05, 4.69) is 34.7 Å². The SMILES string of the molecule is CC(C)Cn1c(CCC(N)=O)nnc1S[C@H](C)C(=O)NC(=O)NC1CCCCC1. The molecular formula is C19H32N6O3S. The largest absolute Gasteiger partial charge is 0.370 e. The second kappa shape index (κ2) is 11.2. The van der Waals surface area contributed by atoms with Crippen LogP contribution in [0.1, 0.15) is 65.1 Å². The molecule has 1 fully saturated rings. The summed E-state index contributed by atoms with van der Waals surface area (Å²) in [6, 6.07) is -0.304. The average molecular weight is 425 g/mol. The van der Waals surface area contributed by atoms with Crippen molar-refractivity contribution in [1.82, 2.24) is 25.4 Å². The van der Waals surface area contributed by atoms with E-state index in [1.165, 1.54) is 18.2 Å². The van der Waals surface area contributed by atoms with Crippen LogP contribution in [0.5, 0.6) is 0 Å². The number of nitrogens with two attached hydrogens (primary N) is 1. The highest BCUT2D eigenvalue weighted by Gasteiger charge is 2.23. The number of nitrogens with zero attached hydrogens (tertiary/aromatic N) is 3. The van der Waals surface area contributed by atoms with Crippen molar-refractivity contribution in [3.8, 4) is 0 Å². The quantitative estimate of drug-likeness (QED) is 0.519. The summed E-state index contributed by atoms with van der Waals surface area (Å²) in [4.78, 5) is 35.7. The summed E-state index contributed by atoms with van der Waals surface area (Å²) < 4.78 is 1.92. The molecule has 0 aromatic carbocycles. The molecule has 29 heavy (non-hydrogen) atoms. The lowest BCUT2D eigenvalue weighted by Crippen LogP contribution is -2.47.